The Labute approximate surface area is 371 Å². The minimum Gasteiger partial charge on any atom is -0.478 e. The summed E-state index contributed by atoms with van der Waals surface area (Å²) >= 11 is 6.61. The SMILES string of the molecule is CC(C)n1c(=O)c(OCC(N)=O)cc2cc(Nc3nc(N4CCC(CN5CCC6(CC5)CCN(c5ccc7c(c5)CN(C5CCC(=O)NC5=O)C7=O)CC6)CC4)ncc3Cl)ccc21. The number of ether oxygens (including phenoxy) is 1. The van der Waals surface area contributed by atoms with Gasteiger partial charge in [-0.1, -0.05) is 11.6 Å². The molecule has 4 fully saturated rings. The lowest BCUT2D eigenvalue weighted by Crippen LogP contribution is -2.52. The number of carbonyl (C=O) groups is 4. The topological polar surface area (TPSA) is 188 Å². The number of nitrogens with zero attached hydrogens (tertiary/aromatic N) is 7. The summed E-state index contributed by atoms with van der Waals surface area (Å²) in [5, 5.41) is 6.86. The van der Waals surface area contributed by atoms with Gasteiger partial charge in [-0.2, -0.15) is 4.98 Å². The van der Waals surface area contributed by atoms with Crippen molar-refractivity contribution in [1.29, 1.82) is 0 Å². The first-order valence-corrected chi connectivity index (χ1v) is 22.6. The molecule has 16 nitrogen and oxygen atoms in total. The number of piperidine rings is 4. The largest absolute Gasteiger partial charge is 0.478 e. The van der Waals surface area contributed by atoms with Gasteiger partial charge in [0.15, 0.2) is 18.2 Å². The van der Waals surface area contributed by atoms with E-state index in [1.165, 1.54) is 12.8 Å². The highest BCUT2D eigenvalue weighted by atomic mass is 35.5. The maximum atomic E-state index is 13.2. The molecule has 17 heteroatoms. The van der Waals surface area contributed by atoms with Gasteiger partial charge in [-0.3, -0.25) is 29.3 Å². The predicted octanol–water partition coefficient (Wildman–Crippen LogP) is 4.99. The van der Waals surface area contributed by atoms with Crippen LogP contribution in [0.3, 0.4) is 0 Å². The Balaban J connectivity index is 0.752. The Morgan fingerprint density at radius 1 is 0.952 bits per heavy atom. The van der Waals surface area contributed by atoms with Gasteiger partial charge in [0.2, 0.25) is 17.8 Å². The molecule has 0 saturated carbocycles. The molecule has 0 radical (unpaired) electrons. The summed E-state index contributed by atoms with van der Waals surface area (Å²) in [5.41, 5.74) is 9.51. The molecule has 2 aromatic heterocycles. The van der Waals surface area contributed by atoms with Gasteiger partial charge < -0.3 is 40.0 Å². The number of benzene rings is 2. The van der Waals surface area contributed by atoms with E-state index in [1.54, 1.807) is 21.7 Å². The molecule has 0 aliphatic carbocycles. The molecule has 0 bridgehead atoms. The Kier molecular flexibility index (Phi) is 11.8. The summed E-state index contributed by atoms with van der Waals surface area (Å²) in [5.74, 6) is 0.326. The number of primary amides is 1. The van der Waals surface area contributed by atoms with Crippen LogP contribution < -0.4 is 36.5 Å². The standard InChI is InChI=1S/C46H55ClN10O6/c1-28(2)57-36-6-3-32(21-30(36)23-38(44(57)62)63-27-39(48)58)50-41-35(47)24-49-45(52-41)55-15-9-29(10-16-55)25-53-17-11-46(12-18-53)13-19-54(20-14-46)33-4-5-34-31(22-33)26-56(43(34)61)37-7-8-40(59)51-42(37)60/h3-6,21-24,28-29,37H,7-20,25-27H2,1-2H3,(H2,48,58)(H,49,50,52)(H,51,59,60). The zero-order valence-corrected chi connectivity index (χ0v) is 36.7. The molecule has 7 heterocycles. The Bertz CT molecular complexity index is 2500. The number of imide groups is 1. The third-order valence-electron chi connectivity index (χ3n) is 13.9. The van der Waals surface area contributed by atoms with Crippen molar-refractivity contribution in [2.24, 2.45) is 17.1 Å². The van der Waals surface area contributed by atoms with E-state index in [4.69, 9.17) is 27.1 Å². The van der Waals surface area contributed by atoms with Gasteiger partial charge in [-0.25, -0.2) is 4.98 Å². The molecule has 4 amide bonds. The average Bonchev–Trinajstić information content (AvgIpc) is 3.59. The second kappa shape index (κ2) is 17.4. The number of anilines is 4. The van der Waals surface area contributed by atoms with Crippen LogP contribution in [0.5, 0.6) is 5.75 Å². The van der Waals surface area contributed by atoms with E-state index in [9.17, 15) is 24.0 Å². The van der Waals surface area contributed by atoms with Crippen LogP contribution in [0.15, 0.2) is 53.5 Å². The molecule has 4 aromatic rings. The van der Waals surface area contributed by atoms with E-state index in [-0.39, 0.29) is 41.5 Å². The fourth-order valence-electron chi connectivity index (χ4n) is 10.3. The highest BCUT2D eigenvalue weighted by Gasteiger charge is 2.41. The number of halogens is 1. The first kappa shape index (κ1) is 42.6. The molecule has 5 aliphatic rings. The summed E-state index contributed by atoms with van der Waals surface area (Å²) in [4.78, 5) is 80.3. The molecular weight excluding hydrogens is 824 g/mol. The molecule has 332 valence electrons. The predicted molar refractivity (Wildman–Crippen MR) is 241 cm³/mol. The Morgan fingerprint density at radius 3 is 2.41 bits per heavy atom. The normalized spacial score (nSPS) is 20.7. The number of likely N-dealkylation sites (tertiary alicyclic amines) is 1. The van der Waals surface area contributed by atoms with Crippen molar-refractivity contribution in [1.82, 2.24) is 29.7 Å². The number of aromatic nitrogens is 3. The Morgan fingerprint density at radius 2 is 1.70 bits per heavy atom. The second-order valence-corrected chi connectivity index (χ2v) is 18.7. The van der Waals surface area contributed by atoms with Gasteiger partial charge >= 0.3 is 0 Å². The van der Waals surface area contributed by atoms with Crippen LogP contribution in [0.2, 0.25) is 5.02 Å². The zero-order valence-electron chi connectivity index (χ0n) is 35.9. The van der Waals surface area contributed by atoms with Crippen LogP contribution >= 0.6 is 11.6 Å². The number of amides is 4. The number of hydrogen-bond donors (Lipinski definition) is 3. The number of rotatable bonds is 11. The van der Waals surface area contributed by atoms with Gasteiger partial charge in [0.05, 0.1) is 11.7 Å². The van der Waals surface area contributed by atoms with Gasteiger partial charge in [0.1, 0.15) is 11.1 Å². The van der Waals surface area contributed by atoms with E-state index in [2.05, 4.69) is 42.5 Å². The molecule has 9 rings (SSSR count). The highest BCUT2D eigenvalue weighted by molar-refractivity contribution is 6.33. The maximum Gasteiger partial charge on any atom is 0.293 e. The fourth-order valence-corrected chi connectivity index (χ4v) is 10.4. The van der Waals surface area contributed by atoms with Crippen molar-refractivity contribution >= 4 is 69.3 Å². The van der Waals surface area contributed by atoms with Crippen LogP contribution in [0.1, 0.15) is 87.2 Å². The quantitative estimate of drug-likeness (QED) is 0.172. The lowest BCUT2D eigenvalue weighted by molar-refractivity contribution is -0.137. The third-order valence-corrected chi connectivity index (χ3v) is 14.2. The fraction of sp³-hybridized carbons (Fsp3) is 0.500. The van der Waals surface area contributed by atoms with Gasteiger partial charge in [0.25, 0.3) is 17.4 Å². The van der Waals surface area contributed by atoms with E-state index in [1.807, 2.05) is 38.1 Å². The van der Waals surface area contributed by atoms with Crippen molar-refractivity contribution in [2.45, 2.75) is 83.8 Å². The molecule has 1 spiro atoms. The van der Waals surface area contributed by atoms with E-state index < -0.39 is 18.6 Å². The molecule has 4 saturated heterocycles. The van der Waals surface area contributed by atoms with Gasteiger partial charge in [-0.05, 0) is 131 Å². The van der Waals surface area contributed by atoms with Crippen LogP contribution in [-0.2, 0) is 20.9 Å². The van der Waals surface area contributed by atoms with Crippen molar-refractivity contribution in [3.8, 4) is 5.75 Å². The van der Waals surface area contributed by atoms with Gasteiger partial charge in [-0.15, -0.1) is 0 Å². The third kappa shape index (κ3) is 8.79. The summed E-state index contributed by atoms with van der Waals surface area (Å²) in [6.07, 6.45) is 9.12. The molecular formula is C46H55ClN10O6. The van der Waals surface area contributed by atoms with Crippen LogP contribution in [0.25, 0.3) is 10.9 Å². The van der Waals surface area contributed by atoms with Crippen molar-refractivity contribution in [3.05, 3.63) is 75.2 Å². The van der Waals surface area contributed by atoms with Crippen LogP contribution in [-0.4, -0.2) is 106 Å². The number of fused-ring (bicyclic) bond motifs is 2. The number of carbonyl (C=O) groups excluding carboxylic acids is 4. The van der Waals surface area contributed by atoms with E-state index in [0.29, 0.717) is 46.7 Å². The summed E-state index contributed by atoms with van der Waals surface area (Å²) in [6.45, 7) is 10.9. The summed E-state index contributed by atoms with van der Waals surface area (Å²) in [7, 11) is 0. The molecule has 4 N–H and O–H groups in total. The maximum absolute atomic E-state index is 13.2. The van der Waals surface area contributed by atoms with E-state index in [0.717, 1.165) is 99.3 Å². The molecule has 2 aromatic carbocycles. The van der Waals surface area contributed by atoms with E-state index >= 15 is 0 Å². The summed E-state index contributed by atoms with van der Waals surface area (Å²) < 4.78 is 7.11. The number of hydrogen-bond acceptors (Lipinski definition) is 12. The molecule has 63 heavy (non-hydrogen) atoms. The highest BCUT2D eigenvalue weighted by Crippen LogP contribution is 2.43. The summed E-state index contributed by atoms with van der Waals surface area (Å²) in [6, 6.07) is 12.6. The molecule has 1 atom stereocenters. The second-order valence-electron chi connectivity index (χ2n) is 18.3. The van der Waals surface area contributed by atoms with Crippen LogP contribution in [0.4, 0.5) is 23.1 Å². The molecule has 5 aliphatic heterocycles. The first-order chi connectivity index (χ1) is 30.3. The average molecular weight is 879 g/mol. The van der Waals surface area contributed by atoms with Crippen molar-refractivity contribution in [3.63, 3.8) is 0 Å². The lowest BCUT2D eigenvalue weighted by Gasteiger charge is -2.48. The smallest absolute Gasteiger partial charge is 0.293 e. The van der Waals surface area contributed by atoms with Crippen molar-refractivity contribution in [2.75, 3.05) is 67.5 Å². The molecule has 1 unspecified atom stereocenters. The first-order valence-electron chi connectivity index (χ1n) is 22.2. The number of pyridine rings is 1. The lowest BCUT2D eigenvalue weighted by atomic mass is 9.71. The Hall–Kier alpha value is -5.74. The minimum atomic E-state index is -0.663. The minimum absolute atomic E-state index is 0.0528. The monoisotopic (exact) mass is 878 g/mol. The zero-order chi connectivity index (χ0) is 44.0. The number of nitrogens with one attached hydrogen (secondary N) is 2. The van der Waals surface area contributed by atoms with Crippen LogP contribution in [0, 0.1) is 11.3 Å². The number of nitrogens with two attached hydrogens (primary N) is 1. The van der Waals surface area contributed by atoms with Crippen molar-refractivity contribution < 1.29 is 23.9 Å². The van der Waals surface area contributed by atoms with Gasteiger partial charge in [0, 0.05) is 74.1 Å².